The quantitative estimate of drug-likeness (QED) is 0.663. The van der Waals surface area contributed by atoms with Gasteiger partial charge in [0.15, 0.2) is 0 Å². The highest BCUT2D eigenvalue weighted by Gasteiger charge is 2.37. The molecule has 0 fully saturated rings. The lowest BCUT2D eigenvalue weighted by molar-refractivity contribution is -0.143. The van der Waals surface area contributed by atoms with Crippen LogP contribution in [0.15, 0.2) is 47.4 Å². The first-order valence-corrected chi connectivity index (χ1v) is 9.22. The largest absolute Gasteiger partial charge is 0.416 e. The molecule has 2 aromatic rings. The van der Waals surface area contributed by atoms with Gasteiger partial charge < -0.3 is 0 Å². The smallest absolute Gasteiger partial charge is 0.280 e. The lowest BCUT2D eigenvalue weighted by Gasteiger charge is -2.15. The molecule has 0 aromatic heterocycles. The molecule has 148 valence electrons. The first-order chi connectivity index (χ1) is 12.3. The first-order valence-electron chi connectivity index (χ1n) is 7.74. The highest BCUT2D eigenvalue weighted by atomic mass is 32.2. The molecule has 3 nitrogen and oxygen atoms in total. The van der Waals surface area contributed by atoms with Crippen molar-refractivity contribution < 1.29 is 34.8 Å². The van der Waals surface area contributed by atoms with E-state index in [0.29, 0.717) is 18.6 Å². The van der Waals surface area contributed by atoms with Gasteiger partial charge in [-0.05, 0) is 42.3 Å². The topological polar surface area (TPSA) is 46.2 Å². The Bertz CT molecular complexity index is 870. The molecule has 1 N–H and O–H groups in total. The Morgan fingerprint density at radius 1 is 0.852 bits per heavy atom. The minimum absolute atomic E-state index is 0.0721. The summed E-state index contributed by atoms with van der Waals surface area (Å²) in [5, 5.41) is 0. The number of alkyl halides is 6. The van der Waals surface area contributed by atoms with Crippen molar-refractivity contribution in [3.63, 3.8) is 0 Å². The summed E-state index contributed by atoms with van der Waals surface area (Å²) in [6, 6.07) is 6.11. The monoisotopic (exact) mass is 411 g/mol. The van der Waals surface area contributed by atoms with Crippen LogP contribution >= 0.6 is 0 Å². The standard InChI is InChI=1S/C17H15F6NO2S/c1-2-3-11-4-6-15(7-5-11)27(25,26)24-14-9-12(16(18,19)20)8-13(10-14)17(21,22)23/h4-10,24H,2-3H2,1H3. The molecular weight excluding hydrogens is 396 g/mol. The minimum Gasteiger partial charge on any atom is -0.280 e. The minimum atomic E-state index is -5.07. The molecule has 0 radical (unpaired) electrons. The van der Waals surface area contributed by atoms with Gasteiger partial charge in [-0.2, -0.15) is 26.3 Å². The van der Waals surface area contributed by atoms with E-state index in [2.05, 4.69) is 0 Å². The van der Waals surface area contributed by atoms with Crippen LogP contribution in [0.4, 0.5) is 32.0 Å². The van der Waals surface area contributed by atoms with Crippen LogP contribution in [0.5, 0.6) is 0 Å². The van der Waals surface area contributed by atoms with E-state index in [1.54, 1.807) is 4.72 Å². The molecule has 0 unspecified atom stereocenters. The van der Waals surface area contributed by atoms with E-state index in [4.69, 9.17) is 0 Å². The fraction of sp³-hybridized carbons (Fsp3) is 0.294. The summed E-state index contributed by atoms with van der Waals surface area (Å²) in [6.45, 7) is 1.93. The summed E-state index contributed by atoms with van der Waals surface area (Å²) >= 11 is 0. The van der Waals surface area contributed by atoms with Gasteiger partial charge in [-0.3, -0.25) is 4.72 Å². The van der Waals surface area contributed by atoms with Crippen molar-refractivity contribution in [2.24, 2.45) is 0 Å². The van der Waals surface area contributed by atoms with E-state index >= 15 is 0 Å². The van der Waals surface area contributed by atoms with E-state index in [1.165, 1.54) is 24.3 Å². The van der Waals surface area contributed by atoms with Crippen LogP contribution in [-0.2, 0) is 28.8 Å². The fourth-order valence-electron chi connectivity index (χ4n) is 2.35. The summed E-state index contributed by atoms with van der Waals surface area (Å²) in [4.78, 5) is -0.270. The van der Waals surface area contributed by atoms with Gasteiger partial charge in [0.1, 0.15) is 0 Å². The van der Waals surface area contributed by atoms with Crippen LogP contribution in [-0.4, -0.2) is 8.42 Å². The van der Waals surface area contributed by atoms with Gasteiger partial charge in [-0.1, -0.05) is 25.5 Å². The highest BCUT2D eigenvalue weighted by Crippen LogP contribution is 2.38. The van der Waals surface area contributed by atoms with Crippen molar-refractivity contribution in [2.45, 2.75) is 37.0 Å². The Labute approximate surface area is 152 Å². The van der Waals surface area contributed by atoms with Crippen molar-refractivity contribution in [1.82, 2.24) is 0 Å². The number of hydrogen-bond acceptors (Lipinski definition) is 2. The molecule has 0 saturated carbocycles. The molecule has 0 amide bonds. The number of halogens is 6. The SMILES string of the molecule is CCCc1ccc(S(=O)(=O)Nc2cc(C(F)(F)F)cc(C(F)(F)F)c2)cc1. The number of anilines is 1. The zero-order chi connectivity index (χ0) is 20.5. The van der Waals surface area contributed by atoms with E-state index < -0.39 is 39.2 Å². The first kappa shape index (κ1) is 21.1. The molecule has 27 heavy (non-hydrogen) atoms. The van der Waals surface area contributed by atoms with Crippen molar-refractivity contribution in [1.29, 1.82) is 0 Å². The van der Waals surface area contributed by atoms with Crippen LogP contribution in [0.2, 0.25) is 0 Å². The maximum atomic E-state index is 12.9. The van der Waals surface area contributed by atoms with E-state index in [9.17, 15) is 34.8 Å². The van der Waals surface area contributed by atoms with Gasteiger partial charge in [-0.15, -0.1) is 0 Å². The summed E-state index contributed by atoms with van der Waals surface area (Å²) in [5.74, 6) is 0. The zero-order valence-electron chi connectivity index (χ0n) is 13.9. The normalized spacial score (nSPS) is 12.9. The van der Waals surface area contributed by atoms with Crippen molar-refractivity contribution in [3.8, 4) is 0 Å². The van der Waals surface area contributed by atoms with Crippen molar-refractivity contribution in [3.05, 3.63) is 59.2 Å². The van der Waals surface area contributed by atoms with Crippen molar-refractivity contribution >= 4 is 15.7 Å². The van der Waals surface area contributed by atoms with Crippen LogP contribution < -0.4 is 4.72 Å². The average molecular weight is 411 g/mol. The number of nitrogens with one attached hydrogen (secondary N) is 1. The third-order valence-electron chi connectivity index (χ3n) is 3.61. The van der Waals surface area contributed by atoms with E-state index in [-0.39, 0.29) is 11.0 Å². The second kappa shape index (κ2) is 7.41. The Kier molecular flexibility index (Phi) is 5.79. The van der Waals surface area contributed by atoms with Crippen LogP contribution in [0, 0.1) is 0 Å². The second-order valence-corrected chi connectivity index (χ2v) is 7.48. The lowest BCUT2D eigenvalue weighted by atomic mass is 10.1. The van der Waals surface area contributed by atoms with Gasteiger partial charge in [0.05, 0.1) is 21.7 Å². The Morgan fingerprint density at radius 3 is 1.74 bits per heavy atom. The molecule has 0 heterocycles. The second-order valence-electron chi connectivity index (χ2n) is 5.79. The van der Waals surface area contributed by atoms with Crippen LogP contribution in [0.1, 0.15) is 30.0 Å². The molecule has 0 aliphatic rings. The summed E-state index contributed by atoms with van der Waals surface area (Å²) in [7, 11) is -4.35. The number of benzene rings is 2. The molecule has 10 heteroatoms. The predicted molar refractivity (Wildman–Crippen MR) is 87.7 cm³/mol. The lowest BCUT2D eigenvalue weighted by Crippen LogP contribution is -2.16. The molecule has 0 aliphatic heterocycles. The average Bonchev–Trinajstić information content (AvgIpc) is 2.53. The number of rotatable bonds is 5. The number of sulfonamides is 1. The predicted octanol–water partition coefficient (Wildman–Crippen LogP) is 5.48. The van der Waals surface area contributed by atoms with Gasteiger partial charge in [0, 0.05) is 0 Å². The molecule has 0 aliphatic carbocycles. The third-order valence-corrected chi connectivity index (χ3v) is 5.01. The molecule has 0 spiro atoms. The fourth-order valence-corrected chi connectivity index (χ4v) is 3.39. The Morgan fingerprint density at radius 2 is 1.33 bits per heavy atom. The van der Waals surface area contributed by atoms with E-state index in [1.807, 2.05) is 6.92 Å². The molecule has 0 saturated heterocycles. The molecule has 0 atom stereocenters. The molecular formula is C17H15F6NO2S. The zero-order valence-corrected chi connectivity index (χ0v) is 14.8. The van der Waals surface area contributed by atoms with Gasteiger partial charge in [0.2, 0.25) is 0 Å². The molecule has 2 aromatic carbocycles. The van der Waals surface area contributed by atoms with Crippen LogP contribution in [0.3, 0.4) is 0 Å². The van der Waals surface area contributed by atoms with Crippen molar-refractivity contribution in [2.75, 3.05) is 4.72 Å². The number of aryl methyl sites for hydroxylation is 1. The number of hydrogen-bond donors (Lipinski definition) is 1. The maximum absolute atomic E-state index is 12.9. The third kappa shape index (κ3) is 5.38. The van der Waals surface area contributed by atoms with Crippen LogP contribution in [0.25, 0.3) is 0 Å². The summed E-state index contributed by atoms with van der Waals surface area (Å²) in [6.07, 6.45) is -8.60. The van der Waals surface area contributed by atoms with E-state index in [0.717, 1.165) is 12.0 Å². The molecule has 2 rings (SSSR count). The van der Waals surface area contributed by atoms with Gasteiger partial charge >= 0.3 is 12.4 Å². The Hall–Kier alpha value is -2.23. The highest BCUT2D eigenvalue weighted by molar-refractivity contribution is 7.92. The van der Waals surface area contributed by atoms with Gasteiger partial charge in [0.25, 0.3) is 10.0 Å². The maximum Gasteiger partial charge on any atom is 0.416 e. The summed E-state index contributed by atoms with van der Waals surface area (Å²) in [5.41, 5.74) is -3.17. The summed E-state index contributed by atoms with van der Waals surface area (Å²) < 4.78 is 104. The van der Waals surface area contributed by atoms with Gasteiger partial charge in [-0.25, -0.2) is 8.42 Å². The molecule has 0 bridgehead atoms. The Balaban J connectivity index is 2.42.